The average molecular weight is 360 g/mol. The van der Waals surface area contributed by atoms with E-state index in [1.54, 1.807) is 24.3 Å². The molecule has 1 saturated carbocycles. The molecule has 0 spiro atoms. The van der Waals surface area contributed by atoms with Gasteiger partial charge in [0.2, 0.25) is 5.91 Å². The van der Waals surface area contributed by atoms with Crippen molar-refractivity contribution in [3.8, 4) is 0 Å². The second kappa shape index (κ2) is 7.69. The van der Waals surface area contributed by atoms with E-state index >= 15 is 0 Å². The van der Waals surface area contributed by atoms with E-state index in [2.05, 4.69) is 20.3 Å². The number of methoxy groups -OCH3 is 1. The van der Waals surface area contributed by atoms with Crippen LogP contribution in [0.1, 0.15) is 40.5 Å². The first-order valence-electron chi connectivity index (χ1n) is 8.04. The highest BCUT2D eigenvalue weighted by Crippen LogP contribution is 2.39. The molecule has 0 bridgehead atoms. The van der Waals surface area contributed by atoms with Crippen molar-refractivity contribution < 1.29 is 14.3 Å². The van der Waals surface area contributed by atoms with Crippen molar-refractivity contribution >= 4 is 23.6 Å². The van der Waals surface area contributed by atoms with Gasteiger partial charge in [0.1, 0.15) is 5.82 Å². The summed E-state index contributed by atoms with van der Waals surface area (Å²) in [6, 6.07) is 6.95. The van der Waals surface area contributed by atoms with E-state index in [9.17, 15) is 9.59 Å². The molecule has 0 unspecified atom stereocenters. The fourth-order valence-electron chi connectivity index (χ4n) is 2.41. The number of thioether (sulfide) groups is 1. The second-order valence-corrected chi connectivity index (χ2v) is 6.87. The van der Waals surface area contributed by atoms with Crippen LogP contribution in [0.3, 0.4) is 0 Å². The molecule has 8 heteroatoms. The van der Waals surface area contributed by atoms with Crippen LogP contribution in [0.4, 0.5) is 0 Å². The molecule has 1 fully saturated rings. The number of nitrogens with zero attached hydrogens (tertiary/aromatic N) is 3. The fourth-order valence-corrected chi connectivity index (χ4v) is 3.16. The largest absolute Gasteiger partial charge is 0.465 e. The van der Waals surface area contributed by atoms with Crippen molar-refractivity contribution in [2.75, 3.05) is 12.9 Å². The minimum absolute atomic E-state index is 0.0713. The fraction of sp³-hybridized carbons (Fsp3) is 0.412. The van der Waals surface area contributed by atoms with Crippen LogP contribution >= 0.6 is 11.8 Å². The number of ether oxygens (including phenoxy) is 1. The summed E-state index contributed by atoms with van der Waals surface area (Å²) in [6.45, 7) is 0.410. The summed E-state index contributed by atoms with van der Waals surface area (Å²) in [5.74, 6) is 1.39. The standard InChI is InChI=1S/C17H20N4O3S/c1-21-15(12-7-8-12)19-20-17(21)25-10-14(22)18-9-11-3-5-13(6-4-11)16(23)24-2/h3-6,12H,7-10H2,1-2H3,(H,18,22). The van der Waals surface area contributed by atoms with Crippen molar-refractivity contribution in [2.45, 2.75) is 30.5 Å². The Labute approximate surface area is 150 Å². The van der Waals surface area contributed by atoms with E-state index in [-0.39, 0.29) is 17.6 Å². The summed E-state index contributed by atoms with van der Waals surface area (Å²) < 4.78 is 6.63. The first-order valence-corrected chi connectivity index (χ1v) is 9.03. The molecule has 7 nitrogen and oxygen atoms in total. The van der Waals surface area contributed by atoms with Gasteiger partial charge in [-0.2, -0.15) is 0 Å². The molecule has 0 radical (unpaired) electrons. The van der Waals surface area contributed by atoms with Crippen LogP contribution in [0.25, 0.3) is 0 Å². The smallest absolute Gasteiger partial charge is 0.337 e. The number of amides is 1. The lowest BCUT2D eigenvalue weighted by Gasteiger charge is -2.06. The summed E-state index contributed by atoms with van der Waals surface area (Å²) in [7, 11) is 3.29. The van der Waals surface area contributed by atoms with Crippen LogP contribution in [-0.4, -0.2) is 39.5 Å². The van der Waals surface area contributed by atoms with Gasteiger partial charge in [0, 0.05) is 19.5 Å². The Balaban J connectivity index is 1.45. The van der Waals surface area contributed by atoms with Crippen molar-refractivity contribution in [3.05, 3.63) is 41.2 Å². The predicted octanol–water partition coefficient (Wildman–Crippen LogP) is 1.89. The number of carbonyl (C=O) groups is 2. The Morgan fingerprint density at radius 2 is 2.00 bits per heavy atom. The zero-order valence-electron chi connectivity index (χ0n) is 14.2. The first-order chi connectivity index (χ1) is 12.1. The maximum Gasteiger partial charge on any atom is 0.337 e. The normalized spacial score (nSPS) is 13.5. The summed E-state index contributed by atoms with van der Waals surface area (Å²) in [6.07, 6.45) is 2.35. The number of carbonyl (C=O) groups excluding carboxylic acids is 2. The van der Waals surface area contributed by atoms with Crippen molar-refractivity contribution in [1.82, 2.24) is 20.1 Å². The molecule has 2 aromatic rings. The summed E-state index contributed by atoms with van der Waals surface area (Å²) >= 11 is 1.38. The molecule has 1 aliphatic carbocycles. The molecule has 1 aromatic heterocycles. The highest BCUT2D eigenvalue weighted by Gasteiger charge is 2.29. The van der Waals surface area contributed by atoms with Gasteiger partial charge in [-0.05, 0) is 30.5 Å². The Bertz CT molecular complexity index is 769. The highest BCUT2D eigenvalue weighted by molar-refractivity contribution is 7.99. The van der Waals surface area contributed by atoms with Crippen molar-refractivity contribution in [1.29, 1.82) is 0 Å². The van der Waals surface area contributed by atoms with E-state index in [0.29, 0.717) is 18.0 Å². The third-order valence-electron chi connectivity index (χ3n) is 4.01. The molecule has 1 amide bonds. The van der Waals surface area contributed by atoms with Crippen LogP contribution in [0.2, 0.25) is 0 Å². The van der Waals surface area contributed by atoms with E-state index in [1.807, 2.05) is 11.6 Å². The molecular formula is C17H20N4O3S. The molecule has 1 N–H and O–H groups in total. The second-order valence-electron chi connectivity index (χ2n) is 5.93. The van der Waals surface area contributed by atoms with E-state index in [0.717, 1.165) is 16.5 Å². The number of rotatable bonds is 7. The third kappa shape index (κ3) is 4.39. The van der Waals surface area contributed by atoms with Gasteiger partial charge in [-0.25, -0.2) is 4.79 Å². The van der Waals surface area contributed by atoms with Crippen molar-refractivity contribution in [3.63, 3.8) is 0 Å². The number of aromatic nitrogens is 3. The van der Waals surface area contributed by atoms with Gasteiger partial charge < -0.3 is 14.6 Å². The van der Waals surface area contributed by atoms with Gasteiger partial charge in [0.15, 0.2) is 5.16 Å². The Morgan fingerprint density at radius 3 is 2.64 bits per heavy atom. The minimum atomic E-state index is -0.374. The molecule has 0 atom stereocenters. The van der Waals surface area contributed by atoms with E-state index in [1.165, 1.54) is 31.7 Å². The summed E-state index contributed by atoms with van der Waals surface area (Å²) in [5.41, 5.74) is 1.41. The average Bonchev–Trinajstić information content (AvgIpc) is 3.41. The van der Waals surface area contributed by atoms with Crippen LogP contribution in [-0.2, 0) is 23.1 Å². The van der Waals surface area contributed by atoms with Crippen molar-refractivity contribution in [2.24, 2.45) is 7.05 Å². The lowest BCUT2D eigenvalue weighted by molar-refractivity contribution is -0.118. The molecule has 0 aliphatic heterocycles. The quantitative estimate of drug-likeness (QED) is 0.599. The number of hydrogen-bond donors (Lipinski definition) is 1. The Morgan fingerprint density at radius 1 is 1.28 bits per heavy atom. The Kier molecular flexibility index (Phi) is 5.37. The highest BCUT2D eigenvalue weighted by atomic mass is 32.2. The number of benzene rings is 1. The SMILES string of the molecule is COC(=O)c1ccc(CNC(=O)CSc2nnc(C3CC3)n2C)cc1. The minimum Gasteiger partial charge on any atom is -0.465 e. The van der Waals surface area contributed by atoms with Gasteiger partial charge in [0.05, 0.1) is 18.4 Å². The van der Waals surface area contributed by atoms with Crippen LogP contribution in [0.15, 0.2) is 29.4 Å². The zero-order valence-corrected chi connectivity index (χ0v) is 15.0. The topological polar surface area (TPSA) is 86.1 Å². The van der Waals surface area contributed by atoms with E-state index in [4.69, 9.17) is 0 Å². The molecular weight excluding hydrogens is 340 g/mol. The maximum atomic E-state index is 12.0. The van der Waals surface area contributed by atoms with Crippen LogP contribution in [0, 0.1) is 0 Å². The maximum absolute atomic E-state index is 12.0. The van der Waals surface area contributed by atoms with Gasteiger partial charge in [-0.3, -0.25) is 4.79 Å². The third-order valence-corrected chi connectivity index (χ3v) is 5.03. The molecule has 1 aromatic carbocycles. The van der Waals surface area contributed by atoms with Gasteiger partial charge >= 0.3 is 5.97 Å². The Hall–Kier alpha value is -2.35. The van der Waals surface area contributed by atoms with Gasteiger partial charge in [-0.15, -0.1) is 10.2 Å². The molecule has 132 valence electrons. The number of nitrogens with one attached hydrogen (secondary N) is 1. The van der Waals surface area contributed by atoms with Crippen LogP contribution < -0.4 is 5.32 Å². The van der Waals surface area contributed by atoms with E-state index < -0.39 is 0 Å². The monoisotopic (exact) mass is 360 g/mol. The molecule has 3 rings (SSSR count). The summed E-state index contributed by atoms with van der Waals surface area (Å²) in [4.78, 5) is 23.4. The lowest BCUT2D eigenvalue weighted by atomic mass is 10.1. The number of esters is 1. The van der Waals surface area contributed by atoms with Gasteiger partial charge in [0.25, 0.3) is 0 Å². The number of hydrogen-bond acceptors (Lipinski definition) is 6. The van der Waals surface area contributed by atoms with Crippen LogP contribution in [0.5, 0.6) is 0 Å². The van der Waals surface area contributed by atoms with Gasteiger partial charge in [-0.1, -0.05) is 23.9 Å². The molecule has 1 heterocycles. The molecule has 0 saturated heterocycles. The zero-order chi connectivity index (χ0) is 17.8. The lowest BCUT2D eigenvalue weighted by Crippen LogP contribution is -2.24. The first kappa shape index (κ1) is 17.5. The predicted molar refractivity (Wildman–Crippen MR) is 93.3 cm³/mol. The molecule has 25 heavy (non-hydrogen) atoms. The summed E-state index contributed by atoms with van der Waals surface area (Å²) in [5, 5.41) is 12.0. The molecule has 1 aliphatic rings.